The molecule has 4 aromatic rings. The third kappa shape index (κ3) is 4.66. The van der Waals surface area contributed by atoms with Crippen molar-refractivity contribution in [2.24, 2.45) is 0 Å². The van der Waals surface area contributed by atoms with Crippen LogP contribution in [-0.4, -0.2) is 36.2 Å². The number of carbonyl (C=O) groups excluding carboxylic acids is 1. The van der Waals surface area contributed by atoms with Gasteiger partial charge in [-0.2, -0.15) is 4.31 Å². The molecule has 3 aromatic carbocycles. The van der Waals surface area contributed by atoms with E-state index in [9.17, 15) is 13.2 Å². The maximum absolute atomic E-state index is 14.1. The molecule has 1 unspecified atom stereocenters. The van der Waals surface area contributed by atoms with Crippen molar-refractivity contribution >= 4 is 54.2 Å². The quantitative estimate of drug-likeness (QED) is 0.303. The third-order valence-corrected chi connectivity index (χ3v) is 9.88. The van der Waals surface area contributed by atoms with Crippen LogP contribution in [-0.2, 0) is 21.4 Å². The Balaban J connectivity index is 1.54. The highest BCUT2D eigenvalue weighted by atomic mass is 35.5. The zero-order valence-corrected chi connectivity index (χ0v) is 22.4. The van der Waals surface area contributed by atoms with Crippen molar-refractivity contribution in [2.45, 2.75) is 44.2 Å². The Bertz CT molecular complexity index is 1520. The summed E-state index contributed by atoms with van der Waals surface area (Å²) in [5.74, 6) is -0.262. The van der Waals surface area contributed by atoms with Crippen molar-refractivity contribution in [2.75, 3.05) is 11.4 Å². The average Bonchev–Trinajstić information content (AvgIpc) is 3.54. The largest absolute Gasteiger partial charge is 0.282 e. The summed E-state index contributed by atoms with van der Waals surface area (Å²) >= 11 is 7.42. The van der Waals surface area contributed by atoms with E-state index in [4.69, 9.17) is 16.6 Å². The predicted octanol–water partition coefficient (Wildman–Crippen LogP) is 5.95. The van der Waals surface area contributed by atoms with Gasteiger partial charge in [-0.05, 0) is 73.7 Å². The molecule has 0 radical (unpaired) electrons. The van der Waals surface area contributed by atoms with E-state index in [1.807, 2.05) is 50.2 Å². The number of anilines is 1. The number of rotatable bonds is 6. The number of nitrogens with zero attached hydrogens (tertiary/aromatic N) is 3. The summed E-state index contributed by atoms with van der Waals surface area (Å²) < 4.78 is 29.3. The van der Waals surface area contributed by atoms with Crippen LogP contribution in [0.1, 0.15) is 29.5 Å². The van der Waals surface area contributed by atoms with Gasteiger partial charge in [0, 0.05) is 11.6 Å². The van der Waals surface area contributed by atoms with Gasteiger partial charge in [0.15, 0.2) is 5.13 Å². The van der Waals surface area contributed by atoms with Gasteiger partial charge < -0.3 is 0 Å². The highest BCUT2D eigenvalue weighted by Gasteiger charge is 2.42. The fourth-order valence-electron chi connectivity index (χ4n) is 4.53. The Labute approximate surface area is 220 Å². The number of sulfonamides is 1. The first kappa shape index (κ1) is 24.9. The number of aryl methyl sites for hydroxylation is 2. The lowest BCUT2D eigenvalue weighted by molar-refractivity contribution is -0.121. The van der Waals surface area contributed by atoms with Crippen molar-refractivity contribution in [1.82, 2.24) is 9.29 Å². The fourth-order valence-corrected chi connectivity index (χ4v) is 7.34. The summed E-state index contributed by atoms with van der Waals surface area (Å²) in [5, 5.41) is 1.03. The minimum atomic E-state index is -3.86. The molecule has 1 fully saturated rings. The number of halogens is 1. The van der Waals surface area contributed by atoms with Crippen LogP contribution in [0.4, 0.5) is 5.13 Å². The van der Waals surface area contributed by atoms with Gasteiger partial charge in [-0.25, -0.2) is 13.4 Å². The van der Waals surface area contributed by atoms with Crippen molar-refractivity contribution in [3.63, 3.8) is 0 Å². The van der Waals surface area contributed by atoms with E-state index >= 15 is 0 Å². The minimum Gasteiger partial charge on any atom is -0.282 e. The number of aromatic nitrogens is 1. The van der Waals surface area contributed by atoms with Crippen molar-refractivity contribution in [1.29, 1.82) is 0 Å². The second-order valence-electron chi connectivity index (χ2n) is 8.99. The second kappa shape index (κ2) is 9.94. The van der Waals surface area contributed by atoms with E-state index in [1.165, 1.54) is 27.8 Å². The van der Waals surface area contributed by atoms with Crippen LogP contribution >= 0.6 is 22.9 Å². The van der Waals surface area contributed by atoms with Crippen molar-refractivity contribution < 1.29 is 13.2 Å². The number of carbonyl (C=O) groups is 1. The van der Waals surface area contributed by atoms with Crippen molar-refractivity contribution in [3.05, 3.63) is 88.4 Å². The normalized spacial score (nSPS) is 16.5. The van der Waals surface area contributed by atoms with E-state index in [2.05, 4.69) is 6.07 Å². The zero-order valence-electron chi connectivity index (χ0n) is 20.0. The number of fused-ring (bicyclic) bond motifs is 1. The summed E-state index contributed by atoms with van der Waals surface area (Å²) in [6.45, 7) is 4.67. The van der Waals surface area contributed by atoms with Crippen LogP contribution in [0.2, 0.25) is 5.02 Å². The molecule has 0 N–H and O–H groups in total. The first-order chi connectivity index (χ1) is 17.3. The molecule has 9 heteroatoms. The van der Waals surface area contributed by atoms with Crippen LogP contribution in [0, 0.1) is 13.8 Å². The molecule has 0 spiro atoms. The van der Waals surface area contributed by atoms with Crippen LogP contribution in [0.25, 0.3) is 10.2 Å². The van der Waals surface area contributed by atoms with Crippen molar-refractivity contribution in [3.8, 4) is 0 Å². The molecule has 1 amide bonds. The maximum Gasteiger partial charge on any atom is 0.247 e. The number of hydrogen-bond donors (Lipinski definition) is 0. The predicted molar refractivity (Wildman–Crippen MR) is 145 cm³/mol. The molecule has 0 aliphatic carbocycles. The van der Waals surface area contributed by atoms with E-state index in [0.29, 0.717) is 36.1 Å². The summed E-state index contributed by atoms with van der Waals surface area (Å²) in [4.78, 5) is 20.7. The molecular formula is C27H26ClN3O3S2. The molecule has 1 aliphatic rings. The standard InChI is InChI=1S/C27H26ClN3O3S2/c1-18-10-15-24-25(19(18)2)29-27(35-24)30(17-20-7-4-3-5-8-20)26(32)23-9-6-16-31(23)36(33,34)22-13-11-21(28)12-14-22/h3-5,7-8,10-15,23H,6,9,16-17H2,1-2H3. The Hall–Kier alpha value is -2.78. The van der Waals surface area contributed by atoms with Gasteiger partial charge in [-0.15, -0.1) is 0 Å². The Morgan fingerprint density at radius 2 is 1.81 bits per heavy atom. The van der Waals surface area contributed by atoms with Gasteiger partial charge in [0.1, 0.15) is 6.04 Å². The summed E-state index contributed by atoms with van der Waals surface area (Å²) in [5.41, 5.74) is 4.03. The van der Waals surface area contributed by atoms with Crippen LogP contribution < -0.4 is 4.90 Å². The third-order valence-electron chi connectivity index (χ3n) is 6.66. The Morgan fingerprint density at radius 3 is 2.53 bits per heavy atom. The van der Waals surface area contributed by atoms with E-state index in [0.717, 1.165) is 26.9 Å². The molecule has 186 valence electrons. The molecule has 5 rings (SSSR count). The molecule has 1 aromatic heterocycles. The van der Waals surface area contributed by atoms with Gasteiger partial charge in [0.25, 0.3) is 0 Å². The van der Waals surface area contributed by atoms with E-state index in [1.54, 1.807) is 17.0 Å². The monoisotopic (exact) mass is 539 g/mol. The first-order valence-electron chi connectivity index (χ1n) is 11.7. The molecule has 36 heavy (non-hydrogen) atoms. The zero-order chi connectivity index (χ0) is 25.4. The maximum atomic E-state index is 14.1. The molecular weight excluding hydrogens is 514 g/mol. The molecule has 1 saturated heterocycles. The smallest absolute Gasteiger partial charge is 0.247 e. The summed E-state index contributed by atoms with van der Waals surface area (Å²) in [6, 6.07) is 19.0. The highest BCUT2D eigenvalue weighted by molar-refractivity contribution is 7.89. The Morgan fingerprint density at radius 1 is 1.08 bits per heavy atom. The first-order valence-corrected chi connectivity index (χ1v) is 14.4. The lowest BCUT2D eigenvalue weighted by Gasteiger charge is -2.28. The summed E-state index contributed by atoms with van der Waals surface area (Å²) in [7, 11) is -3.86. The van der Waals surface area contributed by atoms with E-state index < -0.39 is 16.1 Å². The molecule has 6 nitrogen and oxygen atoms in total. The topological polar surface area (TPSA) is 70.6 Å². The fraction of sp³-hybridized carbons (Fsp3) is 0.259. The van der Waals surface area contributed by atoms with E-state index in [-0.39, 0.29) is 10.8 Å². The van der Waals surface area contributed by atoms with Crippen LogP contribution in [0.15, 0.2) is 71.6 Å². The lowest BCUT2D eigenvalue weighted by atomic mass is 10.1. The number of benzene rings is 3. The Kier molecular flexibility index (Phi) is 6.87. The van der Waals surface area contributed by atoms with Crippen LogP contribution in [0.3, 0.4) is 0 Å². The average molecular weight is 540 g/mol. The number of hydrogen-bond acceptors (Lipinski definition) is 5. The minimum absolute atomic E-state index is 0.132. The molecule has 0 bridgehead atoms. The van der Waals surface area contributed by atoms with Gasteiger partial charge in [0.05, 0.1) is 21.7 Å². The lowest BCUT2D eigenvalue weighted by Crippen LogP contribution is -2.47. The number of thiazole rings is 1. The molecule has 1 atom stereocenters. The SMILES string of the molecule is Cc1ccc2sc(N(Cc3ccccc3)C(=O)C3CCCN3S(=O)(=O)c3ccc(Cl)cc3)nc2c1C. The molecule has 2 heterocycles. The van der Waals surface area contributed by atoms with Gasteiger partial charge >= 0.3 is 0 Å². The highest BCUT2D eigenvalue weighted by Crippen LogP contribution is 2.35. The molecule has 0 saturated carbocycles. The molecule has 1 aliphatic heterocycles. The second-order valence-corrected chi connectivity index (χ2v) is 12.3. The van der Waals surface area contributed by atoms with Gasteiger partial charge in [-0.3, -0.25) is 9.69 Å². The summed E-state index contributed by atoms with van der Waals surface area (Å²) in [6.07, 6.45) is 1.07. The van der Waals surface area contributed by atoms with Gasteiger partial charge in [-0.1, -0.05) is 59.3 Å². The van der Waals surface area contributed by atoms with Gasteiger partial charge in [0.2, 0.25) is 15.9 Å². The number of amides is 1. The van der Waals surface area contributed by atoms with Crippen LogP contribution in [0.5, 0.6) is 0 Å².